The lowest BCUT2D eigenvalue weighted by molar-refractivity contribution is 0.0781. The topological polar surface area (TPSA) is 40.5 Å². The van der Waals surface area contributed by atoms with Crippen molar-refractivity contribution in [1.29, 1.82) is 0 Å². The molecular formula is C12H13FINO2. The van der Waals surface area contributed by atoms with Crippen molar-refractivity contribution in [2.24, 2.45) is 5.92 Å². The van der Waals surface area contributed by atoms with Gasteiger partial charge in [-0.25, -0.2) is 4.39 Å². The Bertz CT molecular complexity index is 439. The number of amides is 1. The number of rotatable bonds is 2. The maximum absolute atomic E-state index is 13.1. The summed E-state index contributed by atoms with van der Waals surface area (Å²) in [4.78, 5) is 13.8. The lowest BCUT2D eigenvalue weighted by Gasteiger charge is -2.16. The number of benzene rings is 1. The second-order valence-electron chi connectivity index (χ2n) is 4.22. The predicted molar refractivity (Wildman–Crippen MR) is 70.2 cm³/mol. The van der Waals surface area contributed by atoms with E-state index < -0.39 is 0 Å². The molecule has 3 nitrogen and oxygen atoms in total. The average molecular weight is 349 g/mol. The van der Waals surface area contributed by atoms with Crippen molar-refractivity contribution >= 4 is 28.5 Å². The van der Waals surface area contributed by atoms with Gasteiger partial charge in [-0.05, 0) is 47.2 Å². The molecule has 92 valence electrons. The molecule has 5 heteroatoms. The van der Waals surface area contributed by atoms with Crippen molar-refractivity contribution in [2.45, 2.75) is 6.42 Å². The number of halogens is 2. The molecule has 1 aliphatic heterocycles. The van der Waals surface area contributed by atoms with E-state index in [4.69, 9.17) is 5.11 Å². The summed E-state index contributed by atoms with van der Waals surface area (Å²) in [7, 11) is 0. The van der Waals surface area contributed by atoms with Crippen molar-refractivity contribution in [3.05, 3.63) is 33.1 Å². The van der Waals surface area contributed by atoms with Gasteiger partial charge in [0.15, 0.2) is 0 Å². The summed E-state index contributed by atoms with van der Waals surface area (Å²) >= 11 is 1.87. The summed E-state index contributed by atoms with van der Waals surface area (Å²) in [6.45, 7) is 1.37. The van der Waals surface area contributed by atoms with E-state index in [-0.39, 0.29) is 24.2 Å². The molecule has 1 atom stereocenters. The number of hydrogen-bond donors (Lipinski definition) is 1. The van der Waals surface area contributed by atoms with E-state index in [2.05, 4.69) is 0 Å². The van der Waals surface area contributed by atoms with Crippen LogP contribution in [0.4, 0.5) is 4.39 Å². The number of carbonyl (C=O) groups excluding carboxylic acids is 1. The van der Waals surface area contributed by atoms with Gasteiger partial charge in [0.25, 0.3) is 5.91 Å². The number of likely N-dealkylation sites (tertiary alicyclic amines) is 1. The van der Waals surface area contributed by atoms with Gasteiger partial charge in [-0.1, -0.05) is 0 Å². The predicted octanol–water partition coefficient (Wildman–Crippen LogP) is 1.88. The second-order valence-corrected chi connectivity index (χ2v) is 5.38. The number of carbonyl (C=O) groups is 1. The molecule has 1 unspecified atom stereocenters. The number of hydrogen-bond acceptors (Lipinski definition) is 2. The van der Waals surface area contributed by atoms with Crippen LogP contribution in [-0.2, 0) is 0 Å². The molecule has 1 aromatic carbocycles. The van der Waals surface area contributed by atoms with Crippen molar-refractivity contribution in [1.82, 2.24) is 4.90 Å². The minimum atomic E-state index is -0.309. The minimum absolute atomic E-state index is 0.0844. The summed E-state index contributed by atoms with van der Waals surface area (Å²) in [5.41, 5.74) is 0.509. The third-order valence-electron chi connectivity index (χ3n) is 3.00. The van der Waals surface area contributed by atoms with Crippen LogP contribution in [0.1, 0.15) is 16.8 Å². The first-order valence-corrected chi connectivity index (χ1v) is 6.55. The van der Waals surface area contributed by atoms with Crippen LogP contribution in [0.5, 0.6) is 0 Å². The van der Waals surface area contributed by atoms with E-state index in [1.807, 2.05) is 22.6 Å². The van der Waals surface area contributed by atoms with Crippen LogP contribution < -0.4 is 0 Å². The highest BCUT2D eigenvalue weighted by Crippen LogP contribution is 2.20. The summed E-state index contributed by atoms with van der Waals surface area (Å²) < 4.78 is 13.5. The molecule has 1 fully saturated rings. The first-order valence-electron chi connectivity index (χ1n) is 5.47. The van der Waals surface area contributed by atoms with Crippen LogP contribution in [0.3, 0.4) is 0 Å². The molecule has 0 spiro atoms. The fourth-order valence-corrected chi connectivity index (χ4v) is 2.49. The second kappa shape index (κ2) is 5.30. The maximum Gasteiger partial charge on any atom is 0.253 e. The molecule has 17 heavy (non-hydrogen) atoms. The van der Waals surface area contributed by atoms with Crippen LogP contribution in [0.15, 0.2) is 18.2 Å². The molecule has 0 aromatic heterocycles. The Morgan fingerprint density at radius 1 is 1.59 bits per heavy atom. The third-order valence-corrected chi connectivity index (χ3v) is 3.82. The van der Waals surface area contributed by atoms with Gasteiger partial charge in [0, 0.05) is 34.7 Å². The Morgan fingerprint density at radius 3 is 2.94 bits per heavy atom. The van der Waals surface area contributed by atoms with Crippen LogP contribution in [0.2, 0.25) is 0 Å². The minimum Gasteiger partial charge on any atom is -0.396 e. The van der Waals surface area contributed by atoms with Crippen molar-refractivity contribution in [3.63, 3.8) is 0 Å². The van der Waals surface area contributed by atoms with Crippen LogP contribution in [-0.4, -0.2) is 35.6 Å². The number of nitrogens with zero attached hydrogens (tertiary/aromatic N) is 1. The normalized spacial score (nSPS) is 19.7. The van der Waals surface area contributed by atoms with Gasteiger partial charge in [-0.3, -0.25) is 4.79 Å². The van der Waals surface area contributed by atoms with Gasteiger partial charge in [-0.15, -0.1) is 0 Å². The lowest BCUT2D eigenvalue weighted by Crippen LogP contribution is -2.29. The Kier molecular flexibility index (Phi) is 3.98. The Balaban J connectivity index is 2.12. The molecule has 1 aromatic rings. The molecule has 0 saturated carbocycles. The molecule has 1 heterocycles. The molecule has 0 radical (unpaired) electrons. The van der Waals surface area contributed by atoms with Gasteiger partial charge in [0.1, 0.15) is 5.82 Å². The maximum atomic E-state index is 13.1. The number of aliphatic hydroxyl groups excluding tert-OH is 1. The van der Waals surface area contributed by atoms with Crippen LogP contribution in [0, 0.1) is 15.3 Å². The smallest absolute Gasteiger partial charge is 0.253 e. The van der Waals surface area contributed by atoms with Crippen LogP contribution in [0.25, 0.3) is 0 Å². The van der Waals surface area contributed by atoms with Crippen molar-refractivity contribution in [2.75, 3.05) is 19.7 Å². The van der Waals surface area contributed by atoms with Crippen LogP contribution >= 0.6 is 22.6 Å². The summed E-state index contributed by atoms with van der Waals surface area (Å²) in [5, 5.41) is 9.03. The van der Waals surface area contributed by atoms with E-state index in [1.165, 1.54) is 12.1 Å². The quantitative estimate of drug-likeness (QED) is 0.829. The van der Waals surface area contributed by atoms with Crippen molar-refractivity contribution in [3.8, 4) is 0 Å². The molecule has 1 aliphatic rings. The zero-order valence-corrected chi connectivity index (χ0v) is 11.4. The third kappa shape index (κ3) is 2.77. The van der Waals surface area contributed by atoms with Gasteiger partial charge in [0.2, 0.25) is 0 Å². The Hall–Kier alpha value is -0.690. The van der Waals surface area contributed by atoms with E-state index >= 15 is 0 Å². The zero-order chi connectivity index (χ0) is 12.4. The van der Waals surface area contributed by atoms with E-state index in [1.54, 1.807) is 11.0 Å². The fourth-order valence-electron chi connectivity index (χ4n) is 1.98. The zero-order valence-electron chi connectivity index (χ0n) is 9.20. The van der Waals surface area contributed by atoms with E-state index in [0.717, 1.165) is 6.42 Å². The SMILES string of the molecule is O=C(c1ccc(F)c(I)c1)N1CCC(CO)C1. The van der Waals surface area contributed by atoms with Gasteiger partial charge >= 0.3 is 0 Å². The highest BCUT2D eigenvalue weighted by Gasteiger charge is 2.26. The van der Waals surface area contributed by atoms with Gasteiger partial charge in [-0.2, -0.15) is 0 Å². The summed E-state index contributed by atoms with van der Waals surface area (Å²) in [6.07, 6.45) is 0.834. The first kappa shape index (κ1) is 12.8. The summed E-state index contributed by atoms with van der Waals surface area (Å²) in [6, 6.07) is 4.38. The first-order chi connectivity index (χ1) is 8.11. The van der Waals surface area contributed by atoms with Crippen molar-refractivity contribution < 1.29 is 14.3 Å². The Labute approximate surface area is 113 Å². The molecular weight excluding hydrogens is 336 g/mol. The number of aliphatic hydroxyl groups is 1. The fraction of sp³-hybridized carbons (Fsp3) is 0.417. The standard InChI is InChI=1S/C12H13FINO2/c13-10-2-1-9(5-11(10)14)12(17)15-4-3-8(6-15)7-16/h1-2,5,8,16H,3-4,6-7H2. The highest BCUT2D eigenvalue weighted by molar-refractivity contribution is 14.1. The molecule has 0 bridgehead atoms. The lowest BCUT2D eigenvalue weighted by atomic mass is 10.1. The highest BCUT2D eigenvalue weighted by atomic mass is 127. The molecule has 1 amide bonds. The van der Waals surface area contributed by atoms with E-state index in [0.29, 0.717) is 22.2 Å². The van der Waals surface area contributed by atoms with Gasteiger partial charge < -0.3 is 10.0 Å². The molecule has 2 rings (SSSR count). The summed E-state index contributed by atoms with van der Waals surface area (Å²) in [5.74, 6) is -0.214. The van der Waals surface area contributed by atoms with E-state index in [9.17, 15) is 9.18 Å². The molecule has 0 aliphatic carbocycles. The monoisotopic (exact) mass is 349 g/mol. The Morgan fingerprint density at radius 2 is 2.35 bits per heavy atom. The molecule has 1 N–H and O–H groups in total. The average Bonchev–Trinajstić information content (AvgIpc) is 2.80. The largest absolute Gasteiger partial charge is 0.396 e. The van der Waals surface area contributed by atoms with Gasteiger partial charge in [0.05, 0.1) is 0 Å². The molecule has 1 saturated heterocycles.